The first-order valence-electron chi connectivity index (χ1n) is 7.50. The number of halogens is 2. The van der Waals surface area contributed by atoms with Crippen molar-refractivity contribution in [2.45, 2.75) is 12.1 Å². The van der Waals surface area contributed by atoms with E-state index < -0.39 is 10.9 Å². The van der Waals surface area contributed by atoms with Crippen molar-refractivity contribution in [3.63, 3.8) is 0 Å². The van der Waals surface area contributed by atoms with E-state index in [-0.39, 0.29) is 37.3 Å². The third kappa shape index (κ3) is 4.35. The van der Waals surface area contributed by atoms with E-state index in [4.69, 9.17) is 27.6 Å². The molecule has 0 spiro atoms. The molecule has 0 aliphatic carbocycles. The molecule has 0 amide bonds. The highest BCUT2D eigenvalue weighted by Gasteiger charge is 2.19. The molecule has 12 heteroatoms. The van der Waals surface area contributed by atoms with Crippen LogP contribution in [0.3, 0.4) is 0 Å². The number of carbonyl (C=O) groups is 1. The lowest BCUT2D eigenvalue weighted by molar-refractivity contribution is -0.384. The van der Waals surface area contributed by atoms with E-state index in [1.54, 1.807) is 13.0 Å². The van der Waals surface area contributed by atoms with Crippen LogP contribution in [0, 0.1) is 17.0 Å². The summed E-state index contributed by atoms with van der Waals surface area (Å²) in [5.41, 5.74) is 0.0134. The molecular weight excluding hydrogens is 431 g/mol. The molecule has 2 N–H and O–H groups in total. The monoisotopic (exact) mass is 440 g/mol. The Labute approximate surface area is 171 Å². The number of hydrogen-bond acceptors (Lipinski definition) is 7. The standard InChI is InChI=1S/C16H10Cl2N4O5S/c1-7-19-16(21-20-7)28-14(15(23)24)4-8-2-3-13(27-8)9-5-11(18)12(22(25)26)6-10(9)17/h2-6H,1H3,(H,23,24)(H,19,20,21)/b14-4-. The minimum absolute atomic E-state index is 0.0623. The molecule has 2 heterocycles. The van der Waals surface area contributed by atoms with Crippen LogP contribution in [0.4, 0.5) is 5.69 Å². The number of hydrogen-bond donors (Lipinski definition) is 2. The number of nitrogens with one attached hydrogen (secondary N) is 1. The Hall–Kier alpha value is -2.82. The largest absolute Gasteiger partial charge is 0.477 e. The van der Waals surface area contributed by atoms with Gasteiger partial charge in [-0.2, -0.15) is 0 Å². The quantitative estimate of drug-likeness (QED) is 0.241. The van der Waals surface area contributed by atoms with Crippen LogP contribution in [-0.2, 0) is 4.79 Å². The number of aliphatic carboxylic acids is 1. The van der Waals surface area contributed by atoms with Crippen molar-refractivity contribution >= 4 is 52.7 Å². The van der Waals surface area contributed by atoms with Crippen molar-refractivity contribution < 1.29 is 19.2 Å². The lowest BCUT2D eigenvalue weighted by Gasteiger charge is -2.03. The summed E-state index contributed by atoms with van der Waals surface area (Å²) in [6, 6.07) is 5.53. The van der Waals surface area contributed by atoms with Gasteiger partial charge in [0.05, 0.1) is 9.95 Å². The summed E-state index contributed by atoms with van der Waals surface area (Å²) in [6.45, 7) is 1.69. The van der Waals surface area contributed by atoms with E-state index in [9.17, 15) is 20.0 Å². The minimum atomic E-state index is -1.18. The number of aromatic amines is 1. The van der Waals surface area contributed by atoms with Crippen molar-refractivity contribution in [2.24, 2.45) is 0 Å². The maximum atomic E-state index is 11.5. The van der Waals surface area contributed by atoms with Gasteiger partial charge in [-0.3, -0.25) is 15.2 Å². The van der Waals surface area contributed by atoms with Crippen LogP contribution in [-0.4, -0.2) is 31.2 Å². The highest BCUT2D eigenvalue weighted by Crippen LogP contribution is 2.37. The zero-order valence-electron chi connectivity index (χ0n) is 14.0. The number of carboxylic acid groups (broad SMARTS) is 1. The van der Waals surface area contributed by atoms with Crippen molar-refractivity contribution in [2.75, 3.05) is 0 Å². The second kappa shape index (κ2) is 8.05. The van der Waals surface area contributed by atoms with E-state index in [0.717, 1.165) is 17.8 Å². The van der Waals surface area contributed by atoms with Crippen molar-refractivity contribution in [3.8, 4) is 11.3 Å². The van der Waals surface area contributed by atoms with E-state index in [1.165, 1.54) is 18.2 Å². The van der Waals surface area contributed by atoms with Gasteiger partial charge in [-0.15, -0.1) is 5.10 Å². The summed E-state index contributed by atoms with van der Waals surface area (Å²) < 4.78 is 5.61. The van der Waals surface area contributed by atoms with Crippen molar-refractivity contribution in [1.29, 1.82) is 0 Å². The van der Waals surface area contributed by atoms with Crippen LogP contribution < -0.4 is 0 Å². The van der Waals surface area contributed by atoms with Gasteiger partial charge in [0.15, 0.2) is 0 Å². The molecule has 3 rings (SSSR count). The molecule has 0 bridgehead atoms. The number of rotatable bonds is 6. The number of thioether (sulfide) groups is 1. The predicted molar refractivity (Wildman–Crippen MR) is 103 cm³/mol. The van der Waals surface area contributed by atoms with Gasteiger partial charge in [0.25, 0.3) is 5.69 Å². The number of benzene rings is 1. The number of carboxylic acids is 1. The molecule has 144 valence electrons. The Bertz CT molecular complexity index is 1110. The first kappa shape index (κ1) is 19.9. The van der Waals surface area contributed by atoms with Gasteiger partial charge in [-0.25, -0.2) is 9.78 Å². The van der Waals surface area contributed by atoms with E-state index in [1.807, 2.05) is 0 Å². The molecule has 0 aliphatic heterocycles. The van der Waals surface area contributed by atoms with Gasteiger partial charge in [0.1, 0.15) is 27.3 Å². The van der Waals surface area contributed by atoms with Crippen LogP contribution in [0.1, 0.15) is 11.6 Å². The lowest BCUT2D eigenvalue weighted by Crippen LogP contribution is -1.97. The fourth-order valence-electron chi connectivity index (χ4n) is 2.17. The summed E-state index contributed by atoms with van der Waals surface area (Å²) >= 11 is 12.9. The van der Waals surface area contributed by atoms with Gasteiger partial charge in [-0.1, -0.05) is 23.2 Å². The van der Waals surface area contributed by atoms with Gasteiger partial charge in [-0.05, 0) is 36.9 Å². The first-order chi connectivity index (χ1) is 13.2. The Morgan fingerprint density at radius 1 is 1.36 bits per heavy atom. The van der Waals surface area contributed by atoms with E-state index in [0.29, 0.717) is 11.4 Å². The number of nitro benzene ring substituents is 1. The summed E-state index contributed by atoms with van der Waals surface area (Å²) in [4.78, 5) is 25.8. The predicted octanol–water partition coefficient (Wildman–Crippen LogP) is 4.81. The topological polar surface area (TPSA) is 135 Å². The smallest absolute Gasteiger partial charge is 0.342 e. The zero-order valence-corrected chi connectivity index (χ0v) is 16.3. The molecule has 0 saturated carbocycles. The first-order valence-corrected chi connectivity index (χ1v) is 9.07. The number of H-pyrrole nitrogens is 1. The maximum absolute atomic E-state index is 11.5. The number of nitro groups is 1. The summed E-state index contributed by atoms with van der Waals surface area (Å²) in [6.07, 6.45) is 1.31. The third-order valence-electron chi connectivity index (χ3n) is 3.39. The molecule has 2 aromatic heterocycles. The summed E-state index contributed by atoms with van der Waals surface area (Å²) in [5.74, 6) is -0.117. The second-order valence-corrected chi connectivity index (χ2v) is 7.19. The molecule has 0 unspecified atom stereocenters. The minimum Gasteiger partial charge on any atom is -0.477 e. The average Bonchev–Trinajstić information content (AvgIpc) is 3.24. The Morgan fingerprint density at radius 2 is 2.11 bits per heavy atom. The normalized spacial score (nSPS) is 11.6. The fraction of sp³-hybridized carbons (Fsp3) is 0.0625. The van der Waals surface area contributed by atoms with Crippen LogP contribution in [0.15, 0.2) is 38.7 Å². The molecule has 0 fully saturated rings. The van der Waals surface area contributed by atoms with Gasteiger partial charge in [0, 0.05) is 17.7 Å². The molecule has 0 atom stereocenters. The van der Waals surface area contributed by atoms with Crippen molar-refractivity contribution in [3.05, 3.63) is 60.9 Å². The Morgan fingerprint density at radius 3 is 2.71 bits per heavy atom. The van der Waals surface area contributed by atoms with Crippen molar-refractivity contribution in [1.82, 2.24) is 15.2 Å². The maximum Gasteiger partial charge on any atom is 0.342 e. The Balaban J connectivity index is 1.92. The number of furan rings is 1. The van der Waals surface area contributed by atoms with Crippen LogP contribution in [0.25, 0.3) is 17.4 Å². The molecule has 28 heavy (non-hydrogen) atoms. The zero-order chi connectivity index (χ0) is 20.4. The molecule has 0 aliphatic rings. The summed E-state index contributed by atoms with van der Waals surface area (Å²) in [7, 11) is 0. The van der Waals surface area contributed by atoms with Crippen LogP contribution >= 0.6 is 35.0 Å². The number of nitrogens with zero attached hydrogens (tertiary/aromatic N) is 3. The Kier molecular flexibility index (Phi) is 5.73. The summed E-state index contributed by atoms with van der Waals surface area (Å²) in [5, 5.41) is 27.1. The molecule has 9 nitrogen and oxygen atoms in total. The molecular formula is C16H10Cl2N4O5S. The number of aryl methyl sites for hydroxylation is 1. The third-order valence-corrected chi connectivity index (χ3v) is 4.88. The van der Waals surface area contributed by atoms with Crippen LogP contribution in [0.5, 0.6) is 0 Å². The van der Waals surface area contributed by atoms with Gasteiger partial charge >= 0.3 is 5.97 Å². The van der Waals surface area contributed by atoms with Crippen LogP contribution in [0.2, 0.25) is 10.0 Å². The van der Waals surface area contributed by atoms with E-state index in [2.05, 4.69) is 15.2 Å². The van der Waals surface area contributed by atoms with E-state index >= 15 is 0 Å². The number of aromatic nitrogens is 3. The second-order valence-electron chi connectivity index (χ2n) is 5.36. The highest BCUT2D eigenvalue weighted by atomic mass is 35.5. The average molecular weight is 441 g/mol. The van der Waals surface area contributed by atoms with Gasteiger partial charge < -0.3 is 9.52 Å². The molecule has 1 aromatic carbocycles. The SMILES string of the molecule is Cc1nc(S/C(=C\c2ccc(-c3cc(Cl)c([N+](=O)[O-])cc3Cl)o2)C(=O)O)n[nH]1. The lowest BCUT2D eigenvalue weighted by atomic mass is 10.1. The highest BCUT2D eigenvalue weighted by molar-refractivity contribution is 8.04. The molecule has 3 aromatic rings. The molecule has 0 radical (unpaired) electrons. The fourth-order valence-corrected chi connectivity index (χ4v) is 3.39. The molecule has 0 saturated heterocycles. The van der Waals surface area contributed by atoms with Gasteiger partial charge in [0.2, 0.25) is 5.16 Å².